The average molecular weight is 321 g/mol. The number of halogens is 2. The van der Waals surface area contributed by atoms with E-state index < -0.39 is 9.84 Å². The Labute approximate surface area is 109 Å². The van der Waals surface area contributed by atoms with Crippen LogP contribution in [0.25, 0.3) is 0 Å². The summed E-state index contributed by atoms with van der Waals surface area (Å²) >= 11 is 3.55. The van der Waals surface area contributed by atoms with Gasteiger partial charge in [0.05, 0.1) is 11.5 Å². The molecule has 2 unspecified atom stereocenters. The van der Waals surface area contributed by atoms with E-state index >= 15 is 0 Å². The van der Waals surface area contributed by atoms with Crippen LogP contribution in [0.5, 0.6) is 0 Å². The van der Waals surface area contributed by atoms with E-state index in [1.807, 2.05) is 6.92 Å². The normalized spacial score (nSPS) is 24.8. The van der Waals surface area contributed by atoms with E-state index in [1.165, 1.54) is 12.1 Å². The molecule has 94 valence electrons. The van der Waals surface area contributed by atoms with Gasteiger partial charge in [0, 0.05) is 4.83 Å². The Balaban J connectivity index is 2.23. The second-order valence-electron chi connectivity index (χ2n) is 4.57. The first kappa shape index (κ1) is 13.0. The molecule has 1 aliphatic rings. The van der Waals surface area contributed by atoms with E-state index in [2.05, 4.69) is 15.9 Å². The predicted molar refractivity (Wildman–Crippen MR) is 69.6 cm³/mol. The third kappa shape index (κ3) is 2.88. The van der Waals surface area contributed by atoms with Gasteiger partial charge in [0.1, 0.15) is 5.82 Å². The first-order valence-corrected chi connectivity index (χ1v) is 8.23. The molecule has 0 N–H and O–H groups in total. The fraction of sp³-hybridized carbons (Fsp3) is 0.500. The largest absolute Gasteiger partial charge is 0.229 e. The van der Waals surface area contributed by atoms with Gasteiger partial charge in [-0.05, 0) is 42.5 Å². The molecular weight excluding hydrogens is 307 g/mol. The van der Waals surface area contributed by atoms with E-state index in [4.69, 9.17) is 0 Å². The second-order valence-corrected chi connectivity index (χ2v) is 7.78. The van der Waals surface area contributed by atoms with Crippen LogP contribution in [0.2, 0.25) is 0 Å². The highest BCUT2D eigenvalue weighted by atomic mass is 79.9. The Morgan fingerprint density at radius 1 is 1.47 bits per heavy atom. The van der Waals surface area contributed by atoms with Gasteiger partial charge in [-0.15, -0.1) is 0 Å². The number of rotatable bonds is 2. The van der Waals surface area contributed by atoms with Gasteiger partial charge in [0.15, 0.2) is 9.84 Å². The van der Waals surface area contributed by atoms with Gasteiger partial charge >= 0.3 is 0 Å². The minimum atomic E-state index is -2.87. The molecule has 0 spiro atoms. The Bertz CT molecular complexity index is 527. The summed E-state index contributed by atoms with van der Waals surface area (Å²) in [5.41, 5.74) is 1.84. The molecule has 1 aliphatic heterocycles. The van der Waals surface area contributed by atoms with Gasteiger partial charge in [-0.3, -0.25) is 0 Å². The molecule has 1 saturated heterocycles. The molecule has 2 nitrogen and oxygen atoms in total. The number of hydrogen-bond donors (Lipinski definition) is 0. The zero-order valence-electron chi connectivity index (χ0n) is 9.49. The molecule has 2 rings (SSSR count). The quantitative estimate of drug-likeness (QED) is 0.785. The molecule has 1 aromatic rings. The van der Waals surface area contributed by atoms with Crippen LogP contribution < -0.4 is 0 Å². The number of hydrogen-bond acceptors (Lipinski definition) is 2. The maximum atomic E-state index is 13.0. The maximum Gasteiger partial charge on any atom is 0.150 e. The zero-order valence-corrected chi connectivity index (χ0v) is 11.9. The SMILES string of the molecule is Cc1cc(F)ccc1C(Br)C1CCS(=O)(=O)C1. The molecule has 0 radical (unpaired) electrons. The fourth-order valence-corrected chi connectivity index (χ4v) is 5.31. The average Bonchev–Trinajstić information content (AvgIpc) is 2.58. The highest BCUT2D eigenvalue weighted by molar-refractivity contribution is 9.09. The predicted octanol–water partition coefficient (Wildman–Crippen LogP) is 3.00. The van der Waals surface area contributed by atoms with Crippen molar-refractivity contribution >= 4 is 25.8 Å². The molecule has 5 heteroatoms. The zero-order chi connectivity index (χ0) is 12.6. The summed E-state index contributed by atoms with van der Waals surface area (Å²) in [6.07, 6.45) is 0.676. The van der Waals surface area contributed by atoms with Crippen LogP contribution in [0.1, 0.15) is 22.4 Å². The lowest BCUT2D eigenvalue weighted by molar-refractivity contribution is 0.576. The van der Waals surface area contributed by atoms with Crippen molar-refractivity contribution in [1.29, 1.82) is 0 Å². The van der Waals surface area contributed by atoms with Crippen molar-refractivity contribution in [3.05, 3.63) is 35.1 Å². The first-order chi connectivity index (χ1) is 7.89. The van der Waals surface area contributed by atoms with Crippen molar-refractivity contribution < 1.29 is 12.8 Å². The van der Waals surface area contributed by atoms with Gasteiger partial charge in [0.25, 0.3) is 0 Å². The number of aryl methyl sites for hydroxylation is 1. The Morgan fingerprint density at radius 2 is 2.18 bits per heavy atom. The van der Waals surface area contributed by atoms with Crippen molar-refractivity contribution in [2.75, 3.05) is 11.5 Å². The van der Waals surface area contributed by atoms with Crippen LogP contribution in [0.15, 0.2) is 18.2 Å². The Kier molecular flexibility index (Phi) is 3.59. The third-order valence-corrected chi connectivity index (χ3v) is 6.25. The number of benzene rings is 1. The molecule has 0 aliphatic carbocycles. The summed E-state index contributed by atoms with van der Waals surface area (Å²) in [7, 11) is -2.87. The van der Waals surface area contributed by atoms with E-state index in [9.17, 15) is 12.8 Å². The number of sulfone groups is 1. The topological polar surface area (TPSA) is 34.1 Å². The highest BCUT2D eigenvalue weighted by Crippen LogP contribution is 2.39. The van der Waals surface area contributed by atoms with Crippen molar-refractivity contribution in [2.24, 2.45) is 5.92 Å². The van der Waals surface area contributed by atoms with Gasteiger partial charge in [-0.2, -0.15) is 0 Å². The summed E-state index contributed by atoms with van der Waals surface area (Å²) in [5.74, 6) is 0.314. The van der Waals surface area contributed by atoms with Crippen LogP contribution in [0.3, 0.4) is 0 Å². The lowest BCUT2D eigenvalue weighted by atomic mass is 9.95. The molecule has 0 amide bonds. The van der Waals surface area contributed by atoms with Crippen LogP contribution in [-0.2, 0) is 9.84 Å². The van der Waals surface area contributed by atoms with E-state index in [0.717, 1.165) is 11.1 Å². The van der Waals surface area contributed by atoms with Crippen molar-refractivity contribution in [1.82, 2.24) is 0 Å². The van der Waals surface area contributed by atoms with Gasteiger partial charge < -0.3 is 0 Å². The van der Waals surface area contributed by atoms with Gasteiger partial charge in [0.2, 0.25) is 0 Å². The van der Waals surface area contributed by atoms with Gasteiger partial charge in [-0.1, -0.05) is 22.0 Å². The van der Waals surface area contributed by atoms with E-state index in [1.54, 1.807) is 6.07 Å². The lowest BCUT2D eigenvalue weighted by Crippen LogP contribution is -2.11. The van der Waals surface area contributed by atoms with Crippen LogP contribution in [-0.4, -0.2) is 19.9 Å². The van der Waals surface area contributed by atoms with Crippen molar-refractivity contribution in [3.63, 3.8) is 0 Å². The Hall–Kier alpha value is -0.420. The molecule has 1 fully saturated rings. The van der Waals surface area contributed by atoms with Crippen molar-refractivity contribution in [3.8, 4) is 0 Å². The first-order valence-electron chi connectivity index (χ1n) is 5.49. The lowest BCUT2D eigenvalue weighted by Gasteiger charge is -2.18. The maximum absolute atomic E-state index is 13.0. The molecule has 2 atom stereocenters. The Morgan fingerprint density at radius 3 is 2.71 bits per heavy atom. The fourth-order valence-electron chi connectivity index (χ4n) is 2.26. The molecule has 0 bridgehead atoms. The summed E-state index contributed by atoms with van der Waals surface area (Å²) < 4.78 is 35.9. The molecule has 1 aromatic carbocycles. The summed E-state index contributed by atoms with van der Waals surface area (Å²) in [6, 6.07) is 4.63. The van der Waals surface area contributed by atoms with Gasteiger partial charge in [-0.25, -0.2) is 12.8 Å². The number of alkyl halides is 1. The van der Waals surface area contributed by atoms with Crippen LogP contribution in [0.4, 0.5) is 4.39 Å². The monoisotopic (exact) mass is 320 g/mol. The minimum Gasteiger partial charge on any atom is -0.229 e. The molecular formula is C12H14BrFO2S. The summed E-state index contributed by atoms with van der Waals surface area (Å²) in [6.45, 7) is 1.84. The smallest absolute Gasteiger partial charge is 0.150 e. The minimum absolute atomic E-state index is 0.0135. The second kappa shape index (κ2) is 4.69. The van der Waals surface area contributed by atoms with E-state index in [-0.39, 0.29) is 28.1 Å². The summed E-state index contributed by atoms with van der Waals surface area (Å²) in [4.78, 5) is -0.0135. The van der Waals surface area contributed by atoms with E-state index in [0.29, 0.717) is 6.42 Å². The van der Waals surface area contributed by atoms with Crippen LogP contribution in [0, 0.1) is 18.7 Å². The van der Waals surface area contributed by atoms with Crippen LogP contribution >= 0.6 is 15.9 Å². The standard InChI is InChI=1S/C12H14BrFO2S/c1-8-6-10(14)2-3-11(8)12(13)9-4-5-17(15,16)7-9/h2-3,6,9,12H,4-5,7H2,1H3. The molecule has 1 heterocycles. The molecule has 0 saturated carbocycles. The molecule has 17 heavy (non-hydrogen) atoms. The third-order valence-electron chi connectivity index (χ3n) is 3.21. The van der Waals surface area contributed by atoms with Crippen molar-refractivity contribution in [2.45, 2.75) is 18.2 Å². The molecule has 0 aromatic heterocycles. The highest BCUT2D eigenvalue weighted by Gasteiger charge is 2.33. The summed E-state index contributed by atoms with van der Waals surface area (Å²) in [5, 5.41) is 0.